The third-order valence-electron chi connectivity index (χ3n) is 3.19. The summed E-state index contributed by atoms with van der Waals surface area (Å²) in [6.45, 7) is 6.08. The lowest BCUT2D eigenvalue weighted by Gasteiger charge is -2.19. The topological polar surface area (TPSA) is 32.3 Å². The number of carbonyl (C=O) groups is 1. The Bertz CT molecular complexity index is 186. The predicted molar refractivity (Wildman–Crippen MR) is 67.4 cm³/mol. The minimum absolute atomic E-state index is 0.361. The fourth-order valence-electron chi connectivity index (χ4n) is 2.13. The Labute approximate surface area is 99.6 Å². The minimum atomic E-state index is 0.361. The molecule has 1 N–H and O–H groups in total. The summed E-state index contributed by atoms with van der Waals surface area (Å²) >= 11 is 0. The summed E-state index contributed by atoms with van der Waals surface area (Å²) < 4.78 is 0. The summed E-state index contributed by atoms with van der Waals surface area (Å²) in [7, 11) is 0. The standard InChI is InChI=1S/C13H26N2O/c1-2-3-4-5-6-8-13(16)15-11-7-9-14-10-12-15/h14H,2-12H2,1H3. The number of hydrogen-bond acceptors (Lipinski definition) is 2. The van der Waals surface area contributed by atoms with Gasteiger partial charge in [0, 0.05) is 26.1 Å². The Balaban J connectivity index is 2.08. The van der Waals surface area contributed by atoms with Crippen LogP contribution in [0.2, 0.25) is 0 Å². The van der Waals surface area contributed by atoms with Gasteiger partial charge in [-0.05, 0) is 19.4 Å². The first kappa shape index (κ1) is 13.5. The van der Waals surface area contributed by atoms with Crippen molar-refractivity contribution in [2.75, 3.05) is 26.2 Å². The zero-order valence-electron chi connectivity index (χ0n) is 10.6. The molecule has 3 nitrogen and oxygen atoms in total. The second-order valence-corrected chi connectivity index (χ2v) is 4.65. The summed E-state index contributed by atoms with van der Waals surface area (Å²) in [5.74, 6) is 0.361. The molecule has 1 heterocycles. The van der Waals surface area contributed by atoms with E-state index in [2.05, 4.69) is 12.2 Å². The van der Waals surface area contributed by atoms with Crippen LogP contribution in [0.15, 0.2) is 0 Å². The summed E-state index contributed by atoms with van der Waals surface area (Å²) in [5, 5.41) is 3.32. The molecule has 16 heavy (non-hydrogen) atoms. The Morgan fingerprint density at radius 2 is 1.94 bits per heavy atom. The van der Waals surface area contributed by atoms with E-state index in [0.29, 0.717) is 5.91 Å². The van der Waals surface area contributed by atoms with Crippen LogP contribution >= 0.6 is 0 Å². The molecule has 1 aliphatic rings. The maximum Gasteiger partial charge on any atom is 0.222 e. The normalized spacial score (nSPS) is 17.2. The molecule has 1 amide bonds. The number of amides is 1. The van der Waals surface area contributed by atoms with Crippen molar-refractivity contribution in [2.45, 2.75) is 51.9 Å². The summed E-state index contributed by atoms with van der Waals surface area (Å²) in [6, 6.07) is 0. The van der Waals surface area contributed by atoms with Gasteiger partial charge in [-0.1, -0.05) is 32.6 Å². The maximum absolute atomic E-state index is 11.9. The number of hydrogen-bond donors (Lipinski definition) is 1. The molecule has 0 radical (unpaired) electrons. The van der Waals surface area contributed by atoms with Crippen molar-refractivity contribution in [2.24, 2.45) is 0 Å². The van der Waals surface area contributed by atoms with Crippen molar-refractivity contribution in [1.29, 1.82) is 0 Å². The van der Waals surface area contributed by atoms with Crippen molar-refractivity contribution in [1.82, 2.24) is 10.2 Å². The molecular weight excluding hydrogens is 200 g/mol. The molecular formula is C13H26N2O. The number of rotatable bonds is 6. The summed E-state index contributed by atoms with van der Waals surface area (Å²) in [5.41, 5.74) is 0. The van der Waals surface area contributed by atoms with E-state index >= 15 is 0 Å². The maximum atomic E-state index is 11.9. The van der Waals surface area contributed by atoms with Gasteiger partial charge in [0.2, 0.25) is 5.91 Å². The van der Waals surface area contributed by atoms with Gasteiger partial charge in [0.1, 0.15) is 0 Å². The molecule has 1 aliphatic heterocycles. The highest BCUT2D eigenvalue weighted by molar-refractivity contribution is 5.76. The Morgan fingerprint density at radius 1 is 1.12 bits per heavy atom. The Hall–Kier alpha value is -0.570. The zero-order chi connectivity index (χ0) is 11.6. The van der Waals surface area contributed by atoms with Crippen molar-refractivity contribution in [3.63, 3.8) is 0 Å². The van der Waals surface area contributed by atoms with Gasteiger partial charge in [-0.25, -0.2) is 0 Å². The van der Waals surface area contributed by atoms with Crippen LogP contribution < -0.4 is 5.32 Å². The van der Waals surface area contributed by atoms with Crippen LogP contribution in [-0.4, -0.2) is 37.0 Å². The molecule has 1 rings (SSSR count). The molecule has 0 aromatic rings. The zero-order valence-corrected chi connectivity index (χ0v) is 10.6. The van der Waals surface area contributed by atoms with E-state index in [-0.39, 0.29) is 0 Å². The minimum Gasteiger partial charge on any atom is -0.341 e. The molecule has 1 saturated heterocycles. The highest BCUT2D eigenvalue weighted by Crippen LogP contribution is 2.07. The second-order valence-electron chi connectivity index (χ2n) is 4.65. The van der Waals surface area contributed by atoms with E-state index in [1.807, 2.05) is 4.90 Å². The number of unbranched alkanes of at least 4 members (excludes halogenated alkanes) is 4. The lowest BCUT2D eigenvalue weighted by molar-refractivity contribution is -0.131. The first-order chi connectivity index (χ1) is 7.84. The van der Waals surface area contributed by atoms with Crippen LogP contribution in [0.4, 0.5) is 0 Å². The van der Waals surface area contributed by atoms with E-state index in [4.69, 9.17) is 0 Å². The fourth-order valence-corrected chi connectivity index (χ4v) is 2.13. The van der Waals surface area contributed by atoms with Crippen molar-refractivity contribution < 1.29 is 4.79 Å². The smallest absolute Gasteiger partial charge is 0.222 e. The number of nitrogens with one attached hydrogen (secondary N) is 1. The van der Waals surface area contributed by atoms with Crippen LogP contribution in [0.5, 0.6) is 0 Å². The fraction of sp³-hybridized carbons (Fsp3) is 0.923. The van der Waals surface area contributed by atoms with Gasteiger partial charge in [0.05, 0.1) is 0 Å². The van der Waals surface area contributed by atoms with Gasteiger partial charge >= 0.3 is 0 Å². The molecule has 0 spiro atoms. The van der Waals surface area contributed by atoms with E-state index in [9.17, 15) is 4.79 Å². The van der Waals surface area contributed by atoms with E-state index in [1.165, 1.54) is 25.7 Å². The third-order valence-corrected chi connectivity index (χ3v) is 3.19. The Kier molecular flexibility index (Phi) is 7.23. The summed E-state index contributed by atoms with van der Waals surface area (Å²) in [6.07, 6.45) is 8.00. The molecule has 3 heteroatoms. The van der Waals surface area contributed by atoms with Crippen molar-refractivity contribution in [3.8, 4) is 0 Å². The van der Waals surface area contributed by atoms with Gasteiger partial charge in [-0.2, -0.15) is 0 Å². The average molecular weight is 226 g/mol. The van der Waals surface area contributed by atoms with Gasteiger partial charge in [0.15, 0.2) is 0 Å². The van der Waals surface area contributed by atoms with E-state index in [0.717, 1.165) is 45.4 Å². The van der Waals surface area contributed by atoms with Crippen LogP contribution in [-0.2, 0) is 4.79 Å². The van der Waals surface area contributed by atoms with Gasteiger partial charge in [0.25, 0.3) is 0 Å². The van der Waals surface area contributed by atoms with Crippen LogP contribution in [0.25, 0.3) is 0 Å². The highest BCUT2D eigenvalue weighted by Gasteiger charge is 2.14. The SMILES string of the molecule is CCCCCCCC(=O)N1CCCNCC1. The third kappa shape index (κ3) is 5.50. The van der Waals surface area contributed by atoms with Gasteiger partial charge in [-0.15, -0.1) is 0 Å². The van der Waals surface area contributed by atoms with Crippen molar-refractivity contribution in [3.05, 3.63) is 0 Å². The largest absolute Gasteiger partial charge is 0.341 e. The highest BCUT2D eigenvalue weighted by atomic mass is 16.2. The number of nitrogens with zero attached hydrogens (tertiary/aromatic N) is 1. The molecule has 0 saturated carbocycles. The van der Waals surface area contributed by atoms with Gasteiger partial charge < -0.3 is 10.2 Å². The lowest BCUT2D eigenvalue weighted by Crippen LogP contribution is -2.33. The monoisotopic (exact) mass is 226 g/mol. The summed E-state index contributed by atoms with van der Waals surface area (Å²) in [4.78, 5) is 13.9. The second kappa shape index (κ2) is 8.57. The lowest BCUT2D eigenvalue weighted by atomic mass is 10.1. The molecule has 0 aromatic carbocycles. The molecule has 0 aliphatic carbocycles. The number of carbonyl (C=O) groups excluding carboxylic acids is 1. The predicted octanol–water partition coefficient (Wildman–Crippen LogP) is 2.17. The van der Waals surface area contributed by atoms with Gasteiger partial charge in [-0.3, -0.25) is 4.79 Å². The first-order valence-corrected chi connectivity index (χ1v) is 6.83. The molecule has 0 unspecified atom stereocenters. The van der Waals surface area contributed by atoms with E-state index in [1.54, 1.807) is 0 Å². The Morgan fingerprint density at radius 3 is 2.75 bits per heavy atom. The molecule has 1 fully saturated rings. The van der Waals surface area contributed by atoms with Crippen LogP contribution in [0.3, 0.4) is 0 Å². The van der Waals surface area contributed by atoms with Crippen molar-refractivity contribution >= 4 is 5.91 Å². The van der Waals surface area contributed by atoms with E-state index < -0.39 is 0 Å². The average Bonchev–Trinajstić information content (AvgIpc) is 2.57. The molecule has 0 bridgehead atoms. The molecule has 0 aromatic heterocycles. The first-order valence-electron chi connectivity index (χ1n) is 6.83. The van der Waals surface area contributed by atoms with Crippen LogP contribution in [0, 0.1) is 0 Å². The quantitative estimate of drug-likeness (QED) is 0.704. The molecule has 94 valence electrons. The molecule has 0 atom stereocenters. The van der Waals surface area contributed by atoms with Crippen LogP contribution in [0.1, 0.15) is 51.9 Å².